The fourth-order valence-electron chi connectivity index (χ4n) is 1.74. The summed E-state index contributed by atoms with van der Waals surface area (Å²) in [5.74, 6) is 0. The zero-order valence-corrected chi connectivity index (χ0v) is 8.88. The van der Waals surface area contributed by atoms with Gasteiger partial charge in [0, 0.05) is 13.1 Å². The Kier molecular flexibility index (Phi) is 5.35. The molecule has 1 saturated heterocycles. The molecule has 0 aromatic rings. The molecule has 0 aliphatic carbocycles. The average Bonchev–Trinajstić information content (AvgIpc) is 2.57. The summed E-state index contributed by atoms with van der Waals surface area (Å²) >= 11 is 0. The van der Waals surface area contributed by atoms with Crippen molar-refractivity contribution in [3.63, 3.8) is 0 Å². The zero-order valence-electron chi connectivity index (χ0n) is 8.88. The quantitative estimate of drug-likeness (QED) is 0.618. The first kappa shape index (κ1) is 11.0. The maximum Gasteiger partial charge on any atom is 0.0674 e. The van der Waals surface area contributed by atoms with E-state index in [0.717, 1.165) is 19.7 Å². The predicted molar refractivity (Wildman–Crippen MR) is 55.0 cm³/mol. The van der Waals surface area contributed by atoms with E-state index in [1.54, 1.807) is 0 Å². The average molecular weight is 186 g/mol. The number of likely N-dealkylation sites (N-methyl/N-ethyl adjacent to an activating group) is 1. The second kappa shape index (κ2) is 6.35. The van der Waals surface area contributed by atoms with Crippen LogP contribution in [0.1, 0.15) is 19.8 Å². The fraction of sp³-hybridized carbons (Fsp3) is 1.00. The highest BCUT2D eigenvalue weighted by molar-refractivity contribution is 4.68. The van der Waals surface area contributed by atoms with Gasteiger partial charge in [-0.2, -0.15) is 0 Å². The molecule has 0 aromatic heterocycles. The van der Waals surface area contributed by atoms with Crippen LogP contribution in [-0.2, 0) is 4.74 Å². The minimum Gasteiger partial charge on any atom is -0.376 e. The summed E-state index contributed by atoms with van der Waals surface area (Å²) in [5.41, 5.74) is 0. The Balaban J connectivity index is 1.99. The Bertz CT molecular complexity index is 124. The van der Waals surface area contributed by atoms with Gasteiger partial charge in [0.05, 0.1) is 12.7 Å². The first-order valence-corrected chi connectivity index (χ1v) is 5.31. The summed E-state index contributed by atoms with van der Waals surface area (Å²) in [6.07, 6.45) is 3.11. The highest BCUT2D eigenvalue weighted by atomic mass is 16.5. The first-order valence-electron chi connectivity index (χ1n) is 5.31. The zero-order chi connectivity index (χ0) is 9.52. The SMILES string of the molecule is CNCCOC(C)CN1CCCC1. The summed E-state index contributed by atoms with van der Waals surface area (Å²) in [4.78, 5) is 2.49. The van der Waals surface area contributed by atoms with Crippen LogP contribution < -0.4 is 5.32 Å². The minimum absolute atomic E-state index is 0.381. The van der Waals surface area contributed by atoms with Crippen molar-refractivity contribution in [2.45, 2.75) is 25.9 Å². The Morgan fingerprint density at radius 3 is 2.69 bits per heavy atom. The van der Waals surface area contributed by atoms with E-state index in [0.29, 0.717) is 6.10 Å². The van der Waals surface area contributed by atoms with Crippen molar-refractivity contribution in [1.29, 1.82) is 0 Å². The maximum absolute atomic E-state index is 5.64. The van der Waals surface area contributed by atoms with Crippen molar-refractivity contribution in [1.82, 2.24) is 10.2 Å². The van der Waals surface area contributed by atoms with Gasteiger partial charge >= 0.3 is 0 Å². The van der Waals surface area contributed by atoms with Gasteiger partial charge in [-0.25, -0.2) is 0 Å². The summed E-state index contributed by atoms with van der Waals surface area (Å²) in [6.45, 7) is 7.56. The standard InChI is InChI=1S/C10H22N2O/c1-10(13-8-5-11-2)9-12-6-3-4-7-12/h10-11H,3-9H2,1-2H3. The molecule has 13 heavy (non-hydrogen) atoms. The van der Waals surface area contributed by atoms with E-state index in [1.807, 2.05) is 7.05 Å². The van der Waals surface area contributed by atoms with E-state index in [4.69, 9.17) is 4.74 Å². The van der Waals surface area contributed by atoms with E-state index in [1.165, 1.54) is 25.9 Å². The molecule has 0 radical (unpaired) electrons. The van der Waals surface area contributed by atoms with Crippen LogP contribution in [-0.4, -0.2) is 50.8 Å². The molecule has 0 bridgehead atoms. The summed E-state index contributed by atoms with van der Waals surface area (Å²) < 4.78 is 5.64. The lowest BCUT2D eigenvalue weighted by Crippen LogP contribution is -2.31. The van der Waals surface area contributed by atoms with Crippen LogP contribution in [0.3, 0.4) is 0 Å². The molecular formula is C10H22N2O. The monoisotopic (exact) mass is 186 g/mol. The first-order chi connectivity index (χ1) is 6.33. The maximum atomic E-state index is 5.64. The van der Waals surface area contributed by atoms with Crippen LogP contribution in [0.4, 0.5) is 0 Å². The summed E-state index contributed by atoms with van der Waals surface area (Å²) in [5, 5.41) is 3.08. The fourth-order valence-corrected chi connectivity index (χ4v) is 1.74. The van der Waals surface area contributed by atoms with Crippen molar-refractivity contribution >= 4 is 0 Å². The topological polar surface area (TPSA) is 24.5 Å². The lowest BCUT2D eigenvalue weighted by molar-refractivity contribution is 0.0455. The van der Waals surface area contributed by atoms with Gasteiger partial charge in [-0.1, -0.05) is 0 Å². The third-order valence-corrected chi connectivity index (χ3v) is 2.47. The molecule has 1 unspecified atom stereocenters. The van der Waals surface area contributed by atoms with Gasteiger partial charge in [-0.15, -0.1) is 0 Å². The van der Waals surface area contributed by atoms with Crippen LogP contribution in [0.5, 0.6) is 0 Å². The second-order valence-corrected chi connectivity index (χ2v) is 3.79. The number of hydrogen-bond acceptors (Lipinski definition) is 3. The van der Waals surface area contributed by atoms with E-state index in [9.17, 15) is 0 Å². The molecular weight excluding hydrogens is 164 g/mol. The highest BCUT2D eigenvalue weighted by Crippen LogP contribution is 2.08. The molecule has 1 fully saturated rings. The molecule has 1 rings (SSSR count). The van der Waals surface area contributed by atoms with E-state index in [2.05, 4.69) is 17.1 Å². The summed E-state index contributed by atoms with van der Waals surface area (Å²) in [7, 11) is 1.95. The lowest BCUT2D eigenvalue weighted by atomic mass is 10.3. The van der Waals surface area contributed by atoms with Crippen molar-refractivity contribution < 1.29 is 4.74 Å². The molecule has 3 nitrogen and oxygen atoms in total. The van der Waals surface area contributed by atoms with E-state index >= 15 is 0 Å². The van der Waals surface area contributed by atoms with Crippen LogP contribution >= 0.6 is 0 Å². The predicted octanol–water partition coefficient (Wildman–Crippen LogP) is 0.707. The third kappa shape index (κ3) is 4.60. The number of nitrogens with zero attached hydrogens (tertiary/aromatic N) is 1. The Morgan fingerprint density at radius 2 is 2.08 bits per heavy atom. The molecule has 1 heterocycles. The number of nitrogens with one attached hydrogen (secondary N) is 1. The molecule has 1 atom stereocenters. The van der Waals surface area contributed by atoms with Gasteiger partial charge in [0.1, 0.15) is 0 Å². The molecule has 0 amide bonds. The smallest absolute Gasteiger partial charge is 0.0674 e. The highest BCUT2D eigenvalue weighted by Gasteiger charge is 2.14. The largest absolute Gasteiger partial charge is 0.376 e. The van der Waals surface area contributed by atoms with Gasteiger partial charge in [0.2, 0.25) is 0 Å². The Labute approximate surface area is 81.4 Å². The Morgan fingerprint density at radius 1 is 1.38 bits per heavy atom. The number of likely N-dealkylation sites (tertiary alicyclic amines) is 1. The summed E-state index contributed by atoms with van der Waals surface area (Å²) in [6, 6.07) is 0. The van der Waals surface area contributed by atoms with Gasteiger partial charge in [0.25, 0.3) is 0 Å². The molecule has 0 spiro atoms. The van der Waals surface area contributed by atoms with Crippen molar-refractivity contribution in [3.8, 4) is 0 Å². The van der Waals surface area contributed by atoms with Gasteiger partial charge < -0.3 is 15.0 Å². The van der Waals surface area contributed by atoms with Crippen LogP contribution in [0, 0.1) is 0 Å². The van der Waals surface area contributed by atoms with Crippen molar-refractivity contribution in [3.05, 3.63) is 0 Å². The van der Waals surface area contributed by atoms with Crippen molar-refractivity contribution in [2.75, 3.05) is 39.8 Å². The Hall–Kier alpha value is -0.120. The number of ether oxygens (including phenoxy) is 1. The van der Waals surface area contributed by atoms with Gasteiger partial charge in [0.15, 0.2) is 0 Å². The van der Waals surface area contributed by atoms with Crippen LogP contribution in [0.2, 0.25) is 0 Å². The van der Waals surface area contributed by atoms with E-state index in [-0.39, 0.29) is 0 Å². The lowest BCUT2D eigenvalue weighted by Gasteiger charge is -2.20. The third-order valence-electron chi connectivity index (χ3n) is 2.47. The van der Waals surface area contributed by atoms with Gasteiger partial charge in [-0.05, 0) is 39.9 Å². The number of hydrogen-bond donors (Lipinski definition) is 1. The normalized spacial score (nSPS) is 20.8. The van der Waals surface area contributed by atoms with Crippen molar-refractivity contribution in [2.24, 2.45) is 0 Å². The number of rotatable bonds is 6. The minimum atomic E-state index is 0.381. The van der Waals surface area contributed by atoms with Crippen LogP contribution in [0.25, 0.3) is 0 Å². The molecule has 1 aliphatic heterocycles. The molecule has 1 aliphatic rings. The molecule has 1 N–H and O–H groups in total. The molecule has 0 aromatic carbocycles. The molecule has 3 heteroatoms. The molecule has 78 valence electrons. The van der Waals surface area contributed by atoms with Gasteiger partial charge in [-0.3, -0.25) is 0 Å². The van der Waals surface area contributed by atoms with E-state index < -0.39 is 0 Å². The van der Waals surface area contributed by atoms with Crippen LogP contribution in [0.15, 0.2) is 0 Å². The second-order valence-electron chi connectivity index (χ2n) is 3.79. The molecule has 0 saturated carbocycles.